The molecule has 0 saturated heterocycles. The minimum Gasteiger partial charge on any atom is -0.491 e. The lowest BCUT2D eigenvalue weighted by Crippen LogP contribution is -2.17. The number of benzene rings is 4. The zero-order valence-corrected chi connectivity index (χ0v) is 32.1. The molecule has 0 spiro atoms. The van der Waals surface area contributed by atoms with Crippen molar-refractivity contribution in [1.82, 2.24) is 0 Å². The predicted octanol–water partition coefficient (Wildman–Crippen LogP) is 9.35. The van der Waals surface area contributed by atoms with E-state index in [2.05, 4.69) is 81.1 Å². The molecule has 0 unspecified atom stereocenters. The van der Waals surface area contributed by atoms with Gasteiger partial charge in [0.15, 0.2) is 17.2 Å². The summed E-state index contributed by atoms with van der Waals surface area (Å²) in [6, 6.07) is 27.0. The SMILES string of the molecule is CCCOCCOCCOOc1cc(-c2ccc3c(c2)Oc2cc(C(C)(C)C)ccc2N3c2ccccc2)c(OCCOCCOCCOC)cc1C. The zero-order chi connectivity index (χ0) is 37.5. The number of para-hydroxylation sites is 1. The van der Waals surface area contributed by atoms with Crippen LogP contribution in [-0.2, 0) is 34.0 Å². The molecule has 1 aliphatic heterocycles. The van der Waals surface area contributed by atoms with Gasteiger partial charge < -0.3 is 42.9 Å². The van der Waals surface area contributed by atoms with E-state index < -0.39 is 0 Å². The fourth-order valence-electron chi connectivity index (χ4n) is 5.73. The third-order valence-corrected chi connectivity index (χ3v) is 8.56. The highest BCUT2D eigenvalue weighted by Crippen LogP contribution is 2.52. The number of methoxy groups -OCH3 is 1. The van der Waals surface area contributed by atoms with Gasteiger partial charge in [0.25, 0.3) is 0 Å². The Bertz CT molecular complexity index is 1710. The third-order valence-electron chi connectivity index (χ3n) is 8.56. The minimum atomic E-state index is -0.0410. The lowest BCUT2D eigenvalue weighted by Gasteiger charge is -2.34. The Balaban J connectivity index is 1.39. The van der Waals surface area contributed by atoms with Crippen LogP contribution in [0, 0.1) is 6.92 Å². The molecule has 5 rings (SSSR count). The molecule has 0 bridgehead atoms. The van der Waals surface area contributed by atoms with E-state index in [0.717, 1.165) is 58.3 Å². The maximum Gasteiger partial charge on any atom is 0.169 e. The van der Waals surface area contributed by atoms with Crippen molar-refractivity contribution >= 4 is 17.1 Å². The molecule has 0 saturated carbocycles. The highest BCUT2D eigenvalue weighted by molar-refractivity contribution is 5.88. The summed E-state index contributed by atoms with van der Waals surface area (Å²) in [6.45, 7) is 15.9. The summed E-state index contributed by atoms with van der Waals surface area (Å²) in [4.78, 5) is 13.6. The molecule has 0 radical (unpaired) electrons. The van der Waals surface area contributed by atoms with E-state index in [4.69, 9.17) is 42.9 Å². The molecule has 0 aromatic heterocycles. The number of rotatable bonds is 22. The Hall–Kier alpha value is -4.16. The zero-order valence-electron chi connectivity index (χ0n) is 32.1. The van der Waals surface area contributed by atoms with Gasteiger partial charge in [0.1, 0.15) is 19.0 Å². The largest absolute Gasteiger partial charge is 0.491 e. The standard InChI is InChI=1S/C43H55NO9/c1-7-17-46-20-21-49-25-27-51-53-39-31-36(40(28-32(39)2)50-26-24-48-23-22-47-19-18-45-6)33-13-15-37-41(29-33)52-42-30-34(43(3,4)5)14-16-38(42)44(37)35-11-9-8-10-12-35/h8-16,28-31H,7,17-27H2,1-6H3. The van der Waals surface area contributed by atoms with E-state index in [1.165, 1.54) is 5.56 Å². The smallest absolute Gasteiger partial charge is 0.169 e. The van der Waals surface area contributed by atoms with Gasteiger partial charge in [0, 0.05) is 25.0 Å². The number of hydrogen-bond donors (Lipinski definition) is 0. The van der Waals surface area contributed by atoms with Crippen molar-refractivity contribution in [3.8, 4) is 34.1 Å². The van der Waals surface area contributed by atoms with Crippen LogP contribution >= 0.6 is 0 Å². The molecule has 0 amide bonds. The van der Waals surface area contributed by atoms with Crippen molar-refractivity contribution < 1.29 is 42.9 Å². The summed E-state index contributed by atoms with van der Waals surface area (Å²) < 4.78 is 40.4. The van der Waals surface area contributed by atoms with Crippen molar-refractivity contribution in [1.29, 1.82) is 0 Å². The Kier molecular flexibility index (Phi) is 15.4. The topological polar surface area (TPSA) is 86.3 Å². The average molecular weight is 730 g/mol. The van der Waals surface area contributed by atoms with Crippen LogP contribution < -0.4 is 19.3 Å². The molecule has 0 N–H and O–H groups in total. The van der Waals surface area contributed by atoms with Crippen molar-refractivity contribution in [3.05, 3.63) is 90.0 Å². The first-order chi connectivity index (χ1) is 25.8. The van der Waals surface area contributed by atoms with Crippen molar-refractivity contribution in [2.24, 2.45) is 0 Å². The van der Waals surface area contributed by atoms with Crippen molar-refractivity contribution in [2.75, 3.05) is 84.7 Å². The van der Waals surface area contributed by atoms with Crippen LogP contribution in [0.5, 0.6) is 23.0 Å². The predicted molar refractivity (Wildman–Crippen MR) is 208 cm³/mol. The highest BCUT2D eigenvalue weighted by atomic mass is 17.2. The van der Waals surface area contributed by atoms with Crippen LogP contribution in [0.3, 0.4) is 0 Å². The molecule has 4 aromatic carbocycles. The summed E-state index contributed by atoms with van der Waals surface area (Å²) in [5, 5.41) is 0. The van der Waals surface area contributed by atoms with Gasteiger partial charge in [-0.2, -0.15) is 4.89 Å². The van der Waals surface area contributed by atoms with Crippen LogP contribution in [0.1, 0.15) is 45.2 Å². The van der Waals surface area contributed by atoms with Crippen molar-refractivity contribution in [2.45, 2.75) is 46.5 Å². The lowest BCUT2D eigenvalue weighted by atomic mass is 9.86. The van der Waals surface area contributed by atoms with Crippen LogP contribution in [0.2, 0.25) is 0 Å². The normalized spacial score (nSPS) is 12.3. The second-order valence-electron chi connectivity index (χ2n) is 13.7. The van der Waals surface area contributed by atoms with Gasteiger partial charge in [-0.15, -0.1) is 0 Å². The molecule has 0 aliphatic carbocycles. The highest BCUT2D eigenvalue weighted by Gasteiger charge is 2.28. The van der Waals surface area contributed by atoms with E-state index in [1.54, 1.807) is 7.11 Å². The summed E-state index contributed by atoms with van der Waals surface area (Å²) in [5.41, 5.74) is 6.70. The van der Waals surface area contributed by atoms with Crippen LogP contribution in [0.25, 0.3) is 11.1 Å². The van der Waals surface area contributed by atoms with E-state index >= 15 is 0 Å². The van der Waals surface area contributed by atoms with Gasteiger partial charge in [-0.3, -0.25) is 0 Å². The molecule has 286 valence electrons. The van der Waals surface area contributed by atoms with Gasteiger partial charge in [0.05, 0.1) is 64.2 Å². The number of fused-ring (bicyclic) bond motifs is 2. The third kappa shape index (κ3) is 11.4. The van der Waals surface area contributed by atoms with Gasteiger partial charge in [0.2, 0.25) is 0 Å². The second kappa shape index (κ2) is 20.3. The summed E-state index contributed by atoms with van der Waals surface area (Å²) in [5.74, 6) is 2.79. The van der Waals surface area contributed by atoms with Gasteiger partial charge >= 0.3 is 0 Å². The van der Waals surface area contributed by atoms with Gasteiger partial charge in [-0.25, -0.2) is 0 Å². The van der Waals surface area contributed by atoms with Gasteiger partial charge in [-0.1, -0.05) is 58.0 Å². The molecule has 53 heavy (non-hydrogen) atoms. The van der Waals surface area contributed by atoms with E-state index in [0.29, 0.717) is 71.0 Å². The molecular weight excluding hydrogens is 674 g/mol. The Labute approximate surface area is 314 Å². The first-order valence-corrected chi connectivity index (χ1v) is 18.5. The molecule has 0 atom stereocenters. The Morgan fingerprint density at radius 3 is 1.92 bits per heavy atom. The molecule has 0 fully saturated rings. The van der Waals surface area contributed by atoms with Crippen LogP contribution in [0.15, 0.2) is 78.9 Å². The molecular formula is C43H55NO9. The van der Waals surface area contributed by atoms with Crippen molar-refractivity contribution in [3.63, 3.8) is 0 Å². The minimum absolute atomic E-state index is 0.0410. The number of hydrogen-bond acceptors (Lipinski definition) is 10. The molecule has 1 aliphatic rings. The fraction of sp³-hybridized carbons (Fsp3) is 0.442. The summed E-state index contributed by atoms with van der Waals surface area (Å²) in [6.07, 6.45) is 0.984. The first-order valence-electron chi connectivity index (χ1n) is 18.5. The Morgan fingerprint density at radius 2 is 1.25 bits per heavy atom. The first kappa shape index (κ1) is 40.0. The number of aryl methyl sites for hydroxylation is 1. The summed E-state index contributed by atoms with van der Waals surface area (Å²) >= 11 is 0. The second-order valence-corrected chi connectivity index (χ2v) is 13.7. The van der Waals surface area contributed by atoms with Crippen LogP contribution in [-0.4, -0.2) is 79.8 Å². The Morgan fingerprint density at radius 1 is 0.623 bits per heavy atom. The van der Waals surface area contributed by atoms with E-state index in [1.807, 2.05) is 37.3 Å². The monoisotopic (exact) mass is 729 g/mol. The van der Waals surface area contributed by atoms with E-state index in [-0.39, 0.29) is 12.0 Å². The number of ether oxygens (including phenoxy) is 7. The molecule has 10 nitrogen and oxygen atoms in total. The van der Waals surface area contributed by atoms with Gasteiger partial charge in [-0.05, 0) is 84.0 Å². The molecule has 1 heterocycles. The molecule has 4 aromatic rings. The average Bonchev–Trinajstić information content (AvgIpc) is 3.15. The maximum absolute atomic E-state index is 6.71. The van der Waals surface area contributed by atoms with E-state index in [9.17, 15) is 0 Å². The molecule has 10 heteroatoms. The lowest BCUT2D eigenvalue weighted by molar-refractivity contribution is -0.215. The number of anilines is 3. The van der Waals surface area contributed by atoms with Crippen LogP contribution in [0.4, 0.5) is 17.1 Å². The summed E-state index contributed by atoms with van der Waals surface area (Å²) in [7, 11) is 1.65. The quantitative estimate of drug-likeness (QED) is 0.0390. The number of nitrogens with zero attached hydrogens (tertiary/aromatic N) is 1. The fourth-order valence-corrected chi connectivity index (χ4v) is 5.73. The maximum atomic E-state index is 6.71.